The maximum Gasteiger partial charge on any atom is 0.137 e. The zero-order valence-corrected chi connectivity index (χ0v) is 32.6. The highest BCUT2D eigenvalue weighted by molar-refractivity contribution is 6.18. The van der Waals surface area contributed by atoms with Gasteiger partial charge in [0, 0.05) is 28.2 Å². The van der Waals surface area contributed by atoms with Crippen LogP contribution < -0.4 is 4.90 Å². The number of hydrogen-bond acceptors (Lipinski definition) is 2. The zero-order chi connectivity index (χ0) is 39.1. The van der Waals surface area contributed by atoms with E-state index in [0.29, 0.717) is 0 Å². The van der Waals surface area contributed by atoms with Crippen LogP contribution in [0, 0.1) is 0 Å². The molecule has 0 fully saturated rings. The van der Waals surface area contributed by atoms with Crippen molar-refractivity contribution < 1.29 is 4.42 Å². The second kappa shape index (κ2) is 14.8. The standard InChI is InChI=1S/C57H41NO/c1-5-16-39(17-6-1)41-28-33-46(34-29-41)58(47-35-30-42(31-36-47)40-18-7-2-8-19-40)57-54-45(38-53-56(57)50-24-13-14-27-52(50)59-53)32-37-49(44-22-11-4-12-23-44)55-48(25-15-26-51(54)55)43-20-9-3-10-21-43/h1-31,33-36,38,49H,32,37H2. The van der Waals surface area contributed by atoms with Crippen molar-refractivity contribution in [2.75, 3.05) is 4.90 Å². The number of furan rings is 1. The van der Waals surface area contributed by atoms with E-state index in [4.69, 9.17) is 4.42 Å². The number of anilines is 3. The molecule has 1 aliphatic carbocycles. The van der Waals surface area contributed by atoms with Gasteiger partial charge in [-0.25, -0.2) is 0 Å². The van der Waals surface area contributed by atoms with Crippen LogP contribution in [-0.4, -0.2) is 0 Å². The minimum absolute atomic E-state index is 0.190. The molecular formula is C57H41NO. The van der Waals surface area contributed by atoms with E-state index >= 15 is 0 Å². The highest BCUT2D eigenvalue weighted by atomic mass is 16.3. The molecule has 2 heteroatoms. The van der Waals surface area contributed by atoms with Gasteiger partial charge in [0.05, 0.1) is 11.1 Å². The van der Waals surface area contributed by atoms with E-state index in [1.807, 2.05) is 0 Å². The van der Waals surface area contributed by atoms with E-state index in [1.165, 1.54) is 61.2 Å². The Labute approximate surface area is 345 Å². The average Bonchev–Trinajstić information content (AvgIpc) is 3.60. The van der Waals surface area contributed by atoms with Crippen molar-refractivity contribution in [2.24, 2.45) is 0 Å². The highest BCUT2D eigenvalue weighted by Gasteiger charge is 2.33. The molecule has 1 aliphatic rings. The molecule has 0 amide bonds. The van der Waals surface area contributed by atoms with E-state index < -0.39 is 0 Å². The van der Waals surface area contributed by atoms with Crippen molar-refractivity contribution in [3.63, 3.8) is 0 Å². The van der Waals surface area contributed by atoms with Crippen LogP contribution in [0.1, 0.15) is 29.0 Å². The third kappa shape index (κ3) is 6.22. The number of hydrogen-bond donors (Lipinski definition) is 0. The van der Waals surface area contributed by atoms with Crippen molar-refractivity contribution in [3.05, 3.63) is 235 Å². The minimum Gasteiger partial charge on any atom is -0.456 e. The van der Waals surface area contributed by atoms with Crippen molar-refractivity contribution in [1.82, 2.24) is 0 Å². The molecule has 0 aliphatic heterocycles. The Morgan fingerprint density at radius 3 is 1.54 bits per heavy atom. The zero-order valence-electron chi connectivity index (χ0n) is 32.6. The SMILES string of the molecule is c1ccc(-c2ccc(N(c3ccc(-c4ccccc4)cc3)c3c4c(cc5oc6ccccc6c35)CCC(c3ccccc3)c3c(-c5ccccc5)cccc3-4)cc2)cc1. The lowest BCUT2D eigenvalue weighted by molar-refractivity contribution is 0.667. The number of rotatable bonds is 7. The molecule has 0 spiro atoms. The van der Waals surface area contributed by atoms with Crippen molar-refractivity contribution >= 4 is 39.0 Å². The Morgan fingerprint density at radius 2 is 0.932 bits per heavy atom. The summed E-state index contributed by atoms with van der Waals surface area (Å²) in [5.74, 6) is 0.190. The summed E-state index contributed by atoms with van der Waals surface area (Å²) in [7, 11) is 0. The third-order valence-corrected chi connectivity index (χ3v) is 12.1. The Hall–Kier alpha value is -7.42. The number of aryl methyl sites for hydroxylation is 1. The molecule has 0 saturated carbocycles. The van der Waals surface area contributed by atoms with Gasteiger partial charge in [-0.1, -0.05) is 182 Å². The molecule has 10 aromatic rings. The minimum atomic E-state index is 0.190. The lowest BCUT2D eigenvalue weighted by atomic mass is 9.80. The molecule has 1 heterocycles. The van der Waals surface area contributed by atoms with Gasteiger partial charge < -0.3 is 9.32 Å². The summed E-state index contributed by atoms with van der Waals surface area (Å²) >= 11 is 0. The van der Waals surface area contributed by atoms with Crippen molar-refractivity contribution in [3.8, 4) is 44.5 Å². The number of benzene rings is 9. The molecule has 1 aromatic heterocycles. The summed E-state index contributed by atoms with van der Waals surface area (Å²) in [6.07, 6.45) is 1.86. The van der Waals surface area contributed by atoms with E-state index in [0.717, 1.165) is 51.8 Å². The van der Waals surface area contributed by atoms with Gasteiger partial charge in [-0.2, -0.15) is 0 Å². The van der Waals surface area contributed by atoms with Gasteiger partial charge in [0.15, 0.2) is 0 Å². The van der Waals surface area contributed by atoms with Gasteiger partial charge >= 0.3 is 0 Å². The maximum atomic E-state index is 6.84. The van der Waals surface area contributed by atoms with E-state index in [2.05, 4.69) is 223 Å². The monoisotopic (exact) mass is 755 g/mol. The normalized spacial score (nSPS) is 13.5. The Balaban J connectivity index is 1.24. The lowest BCUT2D eigenvalue weighted by Gasteiger charge is -2.31. The summed E-state index contributed by atoms with van der Waals surface area (Å²) in [6, 6.07) is 79.3. The van der Waals surface area contributed by atoms with Crippen LogP contribution in [0.25, 0.3) is 66.4 Å². The van der Waals surface area contributed by atoms with Crippen LogP contribution >= 0.6 is 0 Å². The Kier molecular flexibility index (Phi) is 8.74. The second-order valence-corrected chi connectivity index (χ2v) is 15.5. The van der Waals surface area contributed by atoms with Crippen LogP contribution in [0.3, 0.4) is 0 Å². The fourth-order valence-electron chi connectivity index (χ4n) is 9.40. The molecule has 1 atom stereocenters. The second-order valence-electron chi connectivity index (χ2n) is 15.5. The molecule has 280 valence electrons. The summed E-state index contributed by atoms with van der Waals surface area (Å²) in [5.41, 5.74) is 18.9. The molecule has 0 N–H and O–H groups in total. The van der Waals surface area contributed by atoms with Crippen LogP contribution in [0.15, 0.2) is 223 Å². The lowest BCUT2D eigenvalue weighted by Crippen LogP contribution is -2.13. The molecule has 0 radical (unpaired) electrons. The molecule has 2 nitrogen and oxygen atoms in total. The van der Waals surface area contributed by atoms with Gasteiger partial charge in [0.1, 0.15) is 11.2 Å². The van der Waals surface area contributed by atoms with Crippen LogP contribution in [0.4, 0.5) is 17.1 Å². The first-order valence-corrected chi connectivity index (χ1v) is 20.6. The topological polar surface area (TPSA) is 16.4 Å². The predicted octanol–water partition coefficient (Wildman–Crippen LogP) is 15.8. The first-order valence-electron chi connectivity index (χ1n) is 20.6. The average molecular weight is 756 g/mol. The Morgan fingerprint density at radius 1 is 0.424 bits per heavy atom. The quantitative estimate of drug-likeness (QED) is 0.161. The fraction of sp³-hybridized carbons (Fsp3) is 0.0526. The van der Waals surface area contributed by atoms with Gasteiger partial charge in [0.25, 0.3) is 0 Å². The largest absolute Gasteiger partial charge is 0.456 e. The smallest absolute Gasteiger partial charge is 0.137 e. The molecule has 0 saturated heterocycles. The summed E-state index contributed by atoms with van der Waals surface area (Å²) in [5, 5.41) is 2.23. The van der Waals surface area contributed by atoms with Crippen LogP contribution in [-0.2, 0) is 6.42 Å². The number of nitrogens with zero attached hydrogens (tertiary/aromatic N) is 1. The van der Waals surface area contributed by atoms with Crippen LogP contribution in [0.5, 0.6) is 0 Å². The maximum absolute atomic E-state index is 6.84. The van der Waals surface area contributed by atoms with Gasteiger partial charge in [-0.3, -0.25) is 0 Å². The summed E-state index contributed by atoms with van der Waals surface area (Å²) in [6.45, 7) is 0. The number of fused-ring (bicyclic) bond motifs is 6. The van der Waals surface area contributed by atoms with Crippen LogP contribution in [0.2, 0.25) is 0 Å². The summed E-state index contributed by atoms with van der Waals surface area (Å²) < 4.78 is 6.84. The van der Waals surface area contributed by atoms with E-state index in [1.54, 1.807) is 0 Å². The van der Waals surface area contributed by atoms with E-state index in [9.17, 15) is 0 Å². The van der Waals surface area contributed by atoms with E-state index in [-0.39, 0.29) is 5.92 Å². The van der Waals surface area contributed by atoms with Gasteiger partial charge in [0.2, 0.25) is 0 Å². The molecular weight excluding hydrogens is 715 g/mol. The first-order chi connectivity index (χ1) is 29.3. The van der Waals surface area contributed by atoms with Gasteiger partial charge in [-0.05, 0) is 105 Å². The molecule has 9 aromatic carbocycles. The van der Waals surface area contributed by atoms with Crippen molar-refractivity contribution in [2.45, 2.75) is 18.8 Å². The molecule has 59 heavy (non-hydrogen) atoms. The van der Waals surface area contributed by atoms with Crippen molar-refractivity contribution in [1.29, 1.82) is 0 Å². The molecule has 11 rings (SSSR count). The molecule has 0 bridgehead atoms. The summed E-state index contributed by atoms with van der Waals surface area (Å²) in [4.78, 5) is 2.49. The predicted molar refractivity (Wildman–Crippen MR) is 247 cm³/mol. The molecule has 1 unspecified atom stereocenters. The Bertz CT molecular complexity index is 2980. The number of para-hydroxylation sites is 1. The third-order valence-electron chi connectivity index (χ3n) is 12.1. The fourth-order valence-corrected chi connectivity index (χ4v) is 9.40. The highest BCUT2D eigenvalue weighted by Crippen LogP contribution is 2.55. The van der Waals surface area contributed by atoms with Gasteiger partial charge in [-0.15, -0.1) is 0 Å². The first kappa shape index (κ1) is 34.8.